The molecule has 0 saturated carbocycles. The topological polar surface area (TPSA) is 60.2 Å². The third-order valence-corrected chi connectivity index (χ3v) is 3.36. The zero-order valence-electron chi connectivity index (χ0n) is 9.58. The molecular weight excluding hydrogens is 269 g/mol. The van der Waals surface area contributed by atoms with Gasteiger partial charge < -0.3 is 0 Å². The summed E-state index contributed by atoms with van der Waals surface area (Å²) < 4.78 is 13.3. The van der Waals surface area contributed by atoms with Crippen LogP contribution in [0.4, 0.5) is 10.1 Å². The standard InChI is InChI=1S/C13H8FNO3S/c14-10-5-9(8-16)6-11(7-10)19-13-4-2-1-3-12(13)15(17)18/h1-8H. The average Bonchev–Trinajstić information content (AvgIpc) is 2.38. The van der Waals surface area contributed by atoms with Gasteiger partial charge in [-0.25, -0.2) is 4.39 Å². The predicted octanol–water partition coefficient (Wildman–Crippen LogP) is 3.70. The highest BCUT2D eigenvalue weighted by atomic mass is 32.2. The minimum absolute atomic E-state index is 0.0515. The van der Waals surface area contributed by atoms with E-state index in [0.717, 1.165) is 17.8 Å². The van der Waals surface area contributed by atoms with E-state index < -0.39 is 10.7 Å². The zero-order valence-corrected chi connectivity index (χ0v) is 10.4. The number of hydrogen-bond donors (Lipinski definition) is 0. The minimum Gasteiger partial charge on any atom is -0.298 e. The molecule has 0 aliphatic rings. The monoisotopic (exact) mass is 277 g/mol. The summed E-state index contributed by atoms with van der Waals surface area (Å²) in [6.45, 7) is 0. The molecule has 2 aromatic rings. The van der Waals surface area contributed by atoms with Crippen LogP contribution in [0.15, 0.2) is 52.3 Å². The highest BCUT2D eigenvalue weighted by Crippen LogP contribution is 2.34. The van der Waals surface area contributed by atoms with Crippen LogP contribution in [-0.4, -0.2) is 11.2 Å². The van der Waals surface area contributed by atoms with E-state index in [1.165, 1.54) is 18.2 Å². The van der Waals surface area contributed by atoms with Gasteiger partial charge in [-0.1, -0.05) is 23.9 Å². The lowest BCUT2D eigenvalue weighted by Gasteiger charge is -2.03. The number of nitro benzene ring substituents is 1. The number of halogens is 1. The highest BCUT2D eigenvalue weighted by Gasteiger charge is 2.14. The largest absolute Gasteiger partial charge is 0.298 e. The fraction of sp³-hybridized carbons (Fsp3) is 0. The van der Waals surface area contributed by atoms with Gasteiger partial charge in [0, 0.05) is 16.5 Å². The van der Waals surface area contributed by atoms with E-state index in [0.29, 0.717) is 16.1 Å². The molecule has 2 aromatic carbocycles. The molecule has 2 rings (SSSR count). The van der Waals surface area contributed by atoms with Crippen LogP contribution in [0.3, 0.4) is 0 Å². The molecule has 0 aromatic heterocycles. The Morgan fingerprint density at radius 3 is 2.63 bits per heavy atom. The van der Waals surface area contributed by atoms with E-state index in [1.807, 2.05) is 0 Å². The summed E-state index contributed by atoms with van der Waals surface area (Å²) in [5.74, 6) is -0.550. The van der Waals surface area contributed by atoms with E-state index in [2.05, 4.69) is 0 Å². The van der Waals surface area contributed by atoms with Gasteiger partial charge in [-0.2, -0.15) is 0 Å². The number of nitro groups is 1. The average molecular weight is 277 g/mol. The molecule has 0 radical (unpaired) electrons. The van der Waals surface area contributed by atoms with Crippen LogP contribution < -0.4 is 0 Å². The maximum Gasteiger partial charge on any atom is 0.283 e. The van der Waals surface area contributed by atoms with Crippen LogP contribution in [-0.2, 0) is 0 Å². The van der Waals surface area contributed by atoms with Crippen molar-refractivity contribution < 1.29 is 14.1 Å². The van der Waals surface area contributed by atoms with E-state index in [9.17, 15) is 19.3 Å². The molecule has 0 aliphatic carbocycles. The Labute approximate surface area is 112 Å². The van der Waals surface area contributed by atoms with E-state index in [1.54, 1.807) is 18.2 Å². The second kappa shape index (κ2) is 5.62. The summed E-state index contributed by atoms with van der Waals surface area (Å²) in [7, 11) is 0. The van der Waals surface area contributed by atoms with E-state index >= 15 is 0 Å². The number of aldehydes is 1. The lowest BCUT2D eigenvalue weighted by atomic mass is 10.2. The summed E-state index contributed by atoms with van der Waals surface area (Å²) in [6.07, 6.45) is 0.534. The van der Waals surface area contributed by atoms with Gasteiger partial charge in [-0.15, -0.1) is 0 Å². The Bertz CT molecular complexity index is 646. The fourth-order valence-electron chi connectivity index (χ4n) is 1.53. The number of nitrogens with zero attached hydrogens (tertiary/aromatic N) is 1. The first kappa shape index (κ1) is 13.2. The Hall–Kier alpha value is -2.21. The molecule has 0 unspecified atom stereocenters. The molecule has 6 heteroatoms. The van der Waals surface area contributed by atoms with Crippen LogP contribution >= 0.6 is 11.8 Å². The Balaban J connectivity index is 2.38. The van der Waals surface area contributed by atoms with Crippen LogP contribution in [0.2, 0.25) is 0 Å². The molecule has 0 atom stereocenters. The normalized spacial score (nSPS) is 10.2. The number of carbonyl (C=O) groups is 1. The Kier molecular flexibility index (Phi) is 3.91. The van der Waals surface area contributed by atoms with Gasteiger partial charge >= 0.3 is 0 Å². The van der Waals surface area contributed by atoms with Gasteiger partial charge in [-0.3, -0.25) is 14.9 Å². The van der Waals surface area contributed by atoms with Crippen molar-refractivity contribution in [3.63, 3.8) is 0 Å². The second-order valence-corrected chi connectivity index (χ2v) is 4.78. The molecule has 4 nitrogen and oxygen atoms in total. The number of para-hydroxylation sites is 1. The summed E-state index contributed by atoms with van der Waals surface area (Å²) in [5.41, 5.74) is 0.144. The van der Waals surface area contributed by atoms with E-state index in [-0.39, 0.29) is 11.3 Å². The zero-order chi connectivity index (χ0) is 13.8. The van der Waals surface area contributed by atoms with Gasteiger partial charge in [0.25, 0.3) is 5.69 Å². The smallest absolute Gasteiger partial charge is 0.283 e. The number of hydrogen-bond acceptors (Lipinski definition) is 4. The number of rotatable bonds is 4. The molecule has 0 aliphatic heterocycles. The van der Waals surface area contributed by atoms with Crippen molar-refractivity contribution in [1.82, 2.24) is 0 Å². The van der Waals surface area contributed by atoms with Gasteiger partial charge in [0.2, 0.25) is 0 Å². The molecule has 0 saturated heterocycles. The summed E-state index contributed by atoms with van der Waals surface area (Å²) in [6, 6.07) is 10.00. The first-order chi connectivity index (χ1) is 9.10. The molecule has 0 amide bonds. The van der Waals surface area contributed by atoms with Crippen molar-refractivity contribution in [2.75, 3.05) is 0 Å². The van der Waals surface area contributed by atoms with Crippen molar-refractivity contribution in [2.24, 2.45) is 0 Å². The maximum atomic E-state index is 13.3. The molecule has 96 valence electrons. The quantitative estimate of drug-likeness (QED) is 0.485. The lowest BCUT2D eigenvalue weighted by Crippen LogP contribution is -1.90. The summed E-state index contributed by atoms with van der Waals surface area (Å²) in [4.78, 5) is 21.9. The van der Waals surface area contributed by atoms with Gasteiger partial charge in [0.05, 0.1) is 9.82 Å². The number of benzene rings is 2. The molecule has 0 heterocycles. The van der Waals surface area contributed by atoms with Crippen LogP contribution in [0.1, 0.15) is 10.4 Å². The van der Waals surface area contributed by atoms with E-state index in [4.69, 9.17) is 0 Å². The van der Waals surface area contributed by atoms with Crippen molar-refractivity contribution >= 4 is 23.7 Å². The minimum atomic E-state index is -0.550. The Morgan fingerprint density at radius 1 is 1.21 bits per heavy atom. The molecular formula is C13H8FNO3S. The van der Waals surface area contributed by atoms with Crippen molar-refractivity contribution in [3.8, 4) is 0 Å². The van der Waals surface area contributed by atoms with Crippen molar-refractivity contribution in [1.29, 1.82) is 0 Å². The summed E-state index contributed by atoms with van der Waals surface area (Å²) >= 11 is 1.05. The summed E-state index contributed by atoms with van der Waals surface area (Å²) in [5, 5.41) is 10.9. The lowest BCUT2D eigenvalue weighted by molar-refractivity contribution is -0.387. The van der Waals surface area contributed by atoms with Crippen LogP contribution in [0.25, 0.3) is 0 Å². The van der Waals surface area contributed by atoms with Crippen LogP contribution in [0, 0.1) is 15.9 Å². The maximum absolute atomic E-state index is 13.3. The third kappa shape index (κ3) is 3.17. The predicted molar refractivity (Wildman–Crippen MR) is 69.0 cm³/mol. The second-order valence-electron chi connectivity index (χ2n) is 3.67. The fourth-order valence-corrected chi connectivity index (χ4v) is 2.55. The molecule has 0 N–H and O–H groups in total. The highest BCUT2D eigenvalue weighted by molar-refractivity contribution is 7.99. The SMILES string of the molecule is O=Cc1cc(F)cc(Sc2ccccc2[N+](=O)[O-])c1. The molecule has 0 fully saturated rings. The first-order valence-electron chi connectivity index (χ1n) is 5.27. The van der Waals surface area contributed by atoms with Gasteiger partial charge in [0.15, 0.2) is 0 Å². The molecule has 19 heavy (non-hydrogen) atoms. The van der Waals surface area contributed by atoms with Crippen molar-refractivity contribution in [3.05, 3.63) is 64.0 Å². The first-order valence-corrected chi connectivity index (χ1v) is 6.09. The third-order valence-electron chi connectivity index (χ3n) is 2.32. The molecule has 0 spiro atoms. The number of carbonyl (C=O) groups excluding carboxylic acids is 1. The van der Waals surface area contributed by atoms with Gasteiger partial charge in [0.1, 0.15) is 12.1 Å². The van der Waals surface area contributed by atoms with Crippen molar-refractivity contribution in [2.45, 2.75) is 9.79 Å². The molecule has 0 bridgehead atoms. The van der Waals surface area contributed by atoms with Gasteiger partial charge in [-0.05, 0) is 24.3 Å². The Morgan fingerprint density at radius 2 is 1.95 bits per heavy atom. The van der Waals surface area contributed by atoms with Crippen LogP contribution in [0.5, 0.6) is 0 Å².